The lowest BCUT2D eigenvalue weighted by atomic mass is 10.2. The zero-order valence-corrected chi connectivity index (χ0v) is 18.7. The minimum atomic E-state index is -0.0732. The number of anilines is 1. The molecule has 0 aliphatic heterocycles. The Morgan fingerprint density at radius 2 is 1.76 bits per heavy atom. The van der Waals surface area contributed by atoms with Crippen LogP contribution in [0.15, 0.2) is 42.5 Å². The number of thiazole rings is 1. The van der Waals surface area contributed by atoms with Gasteiger partial charge in [0.05, 0.1) is 23.9 Å². The third-order valence-electron chi connectivity index (χ3n) is 4.24. The van der Waals surface area contributed by atoms with Gasteiger partial charge >= 0.3 is 0 Å². The Kier molecular flexibility index (Phi) is 8.25. The largest absolute Gasteiger partial charge is 0.497 e. The van der Waals surface area contributed by atoms with Crippen molar-refractivity contribution in [2.24, 2.45) is 0 Å². The van der Waals surface area contributed by atoms with Crippen LogP contribution in [0.3, 0.4) is 0 Å². The maximum absolute atomic E-state index is 13.2. The van der Waals surface area contributed by atoms with E-state index in [-0.39, 0.29) is 18.3 Å². The van der Waals surface area contributed by atoms with E-state index in [4.69, 9.17) is 14.5 Å². The molecule has 1 heterocycles. The van der Waals surface area contributed by atoms with Crippen LogP contribution in [-0.2, 0) is 0 Å². The third-order valence-corrected chi connectivity index (χ3v) is 5.30. The van der Waals surface area contributed by atoms with Crippen LogP contribution >= 0.6 is 23.7 Å². The monoisotopic (exact) mass is 435 g/mol. The average molecular weight is 436 g/mol. The van der Waals surface area contributed by atoms with Crippen molar-refractivity contribution in [1.82, 2.24) is 9.88 Å². The number of ether oxygens (including phenoxy) is 2. The summed E-state index contributed by atoms with van der Waals surface area (Å²) in [6.07, 6.45) is 0. The number of hydrogen-bond donors (Lipinski definition) is 0. The van der Waals surface area contributed by atoms with Gasteiger partial charge in [-0.25, -0.2) is 4.98 Å². The predicted octanol–water partition coefficient (Wildman–Crippen LogP) is 4.33. The second kappa shape index (κ2) is 10.4. The summed E-state index contributed by atoms with van der Waals surface area (Å²) < 4.78 is 11.8. The maximum atomic E-state index is 13.2. The molecule has 3 aromatic rings. The molecule has 1 aromatic heterocycles. The summed E-state index contributed by atoms with van der Waals surface area (Å²) >= 11 is 1.51. The van der Waals surface area contributed by atoms with Gasteiger partial charge in [-0.15, -0.1) is 12.4 Å². The van der Waals surface area contributed by atoms with Gasteiger partial charge < -0.3 is 14.4 Å². The molecule has 3 rings (SSSR count). The summed E-state index contributed by atoms with van der Waals surface area (Å²) in [6, 6.07) is 13.0. The molecule has 0 aliphatic rings. The average Bonchev–Trinajstić information content (AvgIpc) is 3.11. The zero-order valence-electron chi connectivity index (χ0n) is 17.0. The Morgan fingerprint density at radius 3 is 2.38 bits per heavy atom. The first kappa shape index (κ1) is 22.9. The number of likely N-dealkylation sites (N-methyl/N-ethyl adjacent to an activating group) is 1. The van der Waals surface area contributed by atoms with E-state index < -0.39 is 0 Å². The highest BCUT2D eigenvalue weighted by atomic mass is 35.5. The van der Waals surface area contributed by atoms with Crippen molar-refractivity contribution in [3.05, 3.63) is 48.0 Å². The fourth-order valence-corrected chi connectivity index (χ4v) is 3.71. The lowest BCUT2D eigenvalue weighted by Gasteiger charge is -2.22. The van der Waals surface area contributed by atoms with Crippen LogP contribution in [-0.4, -0.2) is 56.7 Å². The number of hydrogen-bond acceptors (Lipinski definition) is 6. The third kappa shape index (κ3) is 5.59. The number of fused-ring (bicyclic) bond motifs is 1. The van der Waals surface area contributed by atoms with E-state index in [9.17, 15) is 4.79 Å². The smallest absolute Gasteiger partial charge is 0.260 e. The van der Waals surface area contributed by atoms with Gasteiger partial charge in [0.15, 0.2) is 5.13 Å². The highest BCUT2D eigenvalue weighted by Gasteiger charge is 2.21. The van der Waals surface area contributed by atoms with E-state index in [0.717, 1.165) is 28.3 Å². The van der Waals surface area contributed by atoms with Gasteiger partial charge in [-0.05, 0) is 57.4 Å². The highest BCUT2D eigenvalue weighted by Crippen LogP contribution is 2.32. The standard InChI is InChI=1S/C21H25N3O3S.ClH/c1-5-27-16-8-6-15(7-9-16)20(25)24(13-12-23(2)3)21-22-18-14-17(26-4)10-11-19(18)28-21;/h6-11,14H,5,12-13H2,1-4H3;1H. The molecule has 6 nitrogen and oxygen atoms in total. The molecule has 2 aromatic carbocycles. The van der Waals surface area contributed by atoms with E-state index in [2.05, 4.69) is 4.90 Å². The van der Waals surface area contributed by atoms with Gasteiger partial charge in [0.25, 0.3) is 5.91 Å². The Morgan fingerprint density at radius 1 is 1.07 bits per heavy atom. The molecule has 0 spiro atoms. The van der Waals surface area contributed by atoms with Gasteiger partial charge in [0, 0.05) is 24.7 Å². The lowest BCUT2D eigenvalue weighted by Crippen LogP contribution is -2.36. The molecule has 0 unspecified atom stereocenters. The molecule has 29 heavy (non-hydrogen) atoms. The van der Waals surface area contributed by atoms with Crippen LogP contribution in [0, 0.1) is 0 Å². The molecule has 0 N–H and O–H groups in total. The summed E-state index contributed by atoms with van der Waals surface area (Å²) in [5, 5.41) is 0.684. The lowest BCUT2D eigenvalue weighted by molar-refractivity contribution is 0.0985. The first-order chi connectivity index (χ1) is 13.5. The zero-order chi connectivity index (χ0) is 20.1. The molecular weight excluding hydrogens is 410 g/mol. The summed E-state index contributed by atoms with van der Waals surface area (Å²) in [7, 11) is 5.61. The summed E-state index contributed by atoms with van der Waals surface area (Å²) in [6.45, 7) is 3.82. The molecule has 0 saturated heterocycles. The molecule has 0 radical (unpaired) electrons. The Bertz CT molecular complexity index is 944. The Hall–Kier alpha value is -2.35. The van der Waals surface area contributed by atoms with E-state index >= 15 is 0 Å². The number of carbonyl (C=O) groups is 1. The van der Waals surface area contributed by atoms with Gasteiger partial charge in [0.2, 0.25) is 0 Å². The van der Waals surface area contributed by atoms with E-state index in [1.54, 1.807) is 24.1 Å². The minimum Gasteiger partial charge on any atom is -0.497 e. The number of benzene rings is 2. The maximum Gasteiger partial charge on any atom is 0.260 e. The topological polar surface area (TPSA) is 54.9 Å². The minimum absolute atomic E-state index is 0. The predicted molar refractivity (Wildman–Crippen MR) is 121 cm³/mol. The first-order valence-corrected chi connectivity index (χ1v) is 9.97. The Balaban J connectivity index is 0.00000300. The van der Waals surface area contributed by atoms with Crippen LogP contribution < -0.4 is 14.4 Å². The van der Waals surface area contributed by atoms with Crippen LogP contribution in [0.1, 0.15) is 17.3 Å². The van der Waals surface area contributed by atoms with Crippen molar-refractivity contribution in [3.63, 3.8) is 0 Å². The van der Waals surface area contributed by atoms with Gasteiger partial charge in [-0.1, -0.05) is 11.3 Å². The van der Waals surface area contributed by atoms with Gasteiger partial charge in [0.1, 0.15) is 11.5 Å². The van der Waals surface area contributed by atoms with E-state index in [0.29, 0.717) is 23.8 Å². The van der Waals surface area contributed by atoms with Gasteiger partial charge in [-0.3, -0.25) is 9.69 Å². The van der Waals surface area contributed by atoms with Crippen molar-refractivity contribution < 1.29 is 14.3 Å². The van der Waals surface area contributed by atoms with Crippen LogP contribution in [0.5, 0.6) is 11.5 Å². The second-order valence-electron chi connectivity index (χ2n) is 6.55. The molecule has 156 valence electrons. The molecule has 0 atom stereocenters. The number of methoxy groups -OCH3 is 1. The van der Waals surface area contributed by atoms with Crippen molar-refractivity contribution >= 4 is 45.0 Å². The molecule has 0 bridgehead atoms. The van der Waals surface area contributed by atoms with E-state index in [1.807, 2.05) is 51.4 Å². The summed E-state index contributed by atoms with van der Waals surface area (Å²) in [4.78, 5) is 21.7. The molecule has 8 heteroatoms. The van der Waals surface area contributed by atoms with E-state index in [1.165, 1.54) is 11.3 Å². The number of amides is 1. The van der Waals surface area contributed by atoms with Crippen molar-refractivity contribution in [2.75, 3.05) is 45.8 Å². The normalized spacial score (nSPS) is 10.7. The van der Waals surface area contributed by atoms with Crippen LogP contribution in [0.2, 0.25) is 0 Å². The molecular formula is C21H26ClN3O3S. The summed E-state index contributed by atoms with van der Waals surface area (Å²) in [5.41, 5.74) is 1.44. The fourth-order valence-electron chi connectivity index (χ4n) is 2.74. The first-order valence-electron chi connectivity index (χ1n) is 9.16. The number of aromatic nitrogens is 1. The summed E-state index contributed by atoms with van der Waals surface area (Å²) in [5.74, 6) is 1.43. The number of nitrogens with zero attached hydrogens (tertiary/aromatic N) is 3. The fraction of sp³-hybridized carbons (Fsp3) is 0.333. The molecule has 0 aliphatic carbocycles. The molecule has 0 saturated carbocycles. The Labute approximate surface area is 181 Å². The number of carbonyl (C=O) groups excluding carboxylic acids is 1. The number of rotatable bonds is 8. The van der Waals surface area contributed by atoms with Crippen LogP contribution in [0.25, 0.3) is 10.2 Å². The molecule has 1 amide bonds. The van der Waals surface area contributed by atoms with Crippen molar-refractivity contribution in [1.29, 1.82) is 0 Å². The SMILES string of the molecule is CCOc1ccc(C(=O)N(CCN(C)C)c2nc3cc(OC)ccc3s2)cc1.Cl. The second-order valence-corrected chi connectivity index (χ2v) is 7.56. The van der Waals surface area contributed by atoms with Crippen molar-refractivity contribution in [2.45, 2.75) is 6.92 Å². The quantitative estimate of drug-likeness (QED) is 0.527. The number of halogens is 1. The van der Waals surface area contributed by atoms with Crippen molar-refractivity contribution in [3.8, 4) is 11.5 Å². The van der Waals surface area contributed by atoms with Crippen LogP contribution in [0.4, 0.5) is 5.13 Å². The molecule has 0 fully saturated rings. The highest BCUT2D eigenvalue weighted by molar-refractivity contribution is 7.22. The van der Waals surface area contributed by atoms with Gasteiger partial charge in [-0.2, -0.15) is 0 Å².